The van der Waals surface area contributed by atoms with E-state index in [9.17, 15) is 17.6 Å². The van der Waals surface area contributed by atoms with Gasteiger partial charge in [-0.15, -0.1) is 0 Å². The van der Waals surface area contributed by atoms with Gasteiger partial charge in [0.05, 0.1) is 4.90 Å². The third kappa shape index (κ3) is 2.93. The van der Waals surface area contributed by atoms with E-state index in [1.807, 2.05) is 0 Å². The zero-order valence-corrected chi connectivity index (χ0v) is 11.3. The van der Waals surface area contributed by atoms with Crippen molar-refractivity contribution in [1.29, 1.82) is 0 Å². The van der Waals surface area contributed by atoms with Crippen molar-refractivity contribution in [1.82, 2.24) is 9.62 Å². The molecule has 5 nitrogen and oxygen atoms in total. The summed E-state index contributed by atoms with van der Waals surface area (Å²) < 4.78 is 39.2. The predicted molar refractivity (Wildman–Crippen MR) is 67.5 cm³/mol. The number of nitrogens with one attached hydrogen (secondary N) is 1. The lowest BCUT2D eigenvalue weighted by Crippen LogP contribution is -2.34. The van der Waals surface area contributed by atoms with Gasteiger partial charge in [0.15, 0.2) is 0 Å². The Kier molecular flexibility index (Phi) is 3.86. The van der Waals surface area contributed by atoms with E-state index in [1.165, 1.54) is 23.4 Å². The van der Waals surface area contributed by atoms with E-state index < -0.39 is 15.8 Å². The summed E-state index contributed by atoms with van der Waals surface area (Å²) in [6.45, 7) is 2.18. The molecule has 104 valence electrons. The fourth-order valence-electron chi connectivity index (χ4n) is 1.91. The monoisotopic (exact) mass is 286 g/mol. The summed E-state index contributed by atoms with van der Waals surface area (Å²) in [7, 11) is -3.67. The van der Waals surface area contributed by atoms with Crippen molar-refractivity contribution in [2.24, 2.45) is 0 Å². The van der Waals surface area contributed by atoms with E-state index in [1.54, 1.807) is 0 Å². The van der Waals surface area contributed by atoms with Crippen LogP contribution in [0.1, 0.15) is 12.0 Å². The molecule has 1 aliphatic rings. The lowest BCUT2D eigenvalue weighted by Gasteiger charge is -2.19. The van der Waals surface area contributed by atoms with Crippen molar-refractivity contribution < 1.29 is 17.6 Å². The Hall–Kier alpha value is -1.47. The summed E-state index contributed by atoms with van der Waals surface area (Å²) in [5.74, 6) is -0.598. The number of rotatable bonds is 2. The molecule has 0 atom stereocenters. The number of nitrogens with zero attached hydrogens (tertiary/aromatic N) is 1. The molecule has 1 N–H and O–H groups in total. The molecule has 0 bridgehead atoms. The molecule has 1 saturated heterocycles. The summed E-state index contributed by atoms with van der Waals surface area (Å²) in [4.78, 5) is 11.3. The number of hydrogen-bond donors (Lipinski definition) is 1. The molecule has 1 aliphatic heterocycles. The molecule has 1 fully saturated rings. The molecule has 1 heterocycles. The lowest BCUT2D eigenvalue weighted by molar-refractivity contribution is -0.120. The minimum absolute atomic E-state index is 0.0562. The van der Waals surface area contributed by atoms with Gasteiger partial charge < -0.3 is 5.32 Å². The minimum Gasteiger partial charge on any atom is -0.355 e. The summed E-state index contributed by atoms with van der Waals surface area (Å²) in [6.07, 6.45) is 0.138. The quantitative estimate of drug-likeness (QED) is 0.868. The van der Waals surface area contributed by atoms with Crippen LogP contribution in [0.3, 0.4) is 0 Å². The highest BCUT2D eigenvalue weighted by molar-refractivity contribution is 7.89. The number of aryl methyl sites for hydroxylation is 1. The Bertz CT molecular complexity index is 601. The van der Waals surface area contributed by atoms with Crippen molar-refractivity contribution in [3.05, 3.63) is 29.6 Å². The van der Waals surface area contributed by atoms with Crippen molar-refractivity contribution in [2.45, 2.75) is 18.2 Å². The summed E-state index contributed by atoms with van der Waals surface area (Å²) in [5, 5.41) is 2.61. The zero-order valence-electron chi connectivity index (χ0n) is 10.5. The largest absolute Gasteiger partial charge is 0.355 e. The van der Waals surface area contributed by atoms with Gasteiger partial charge in [-0.05, 0) is 30.7 Å². The van der Waals surface area contributed by atoms with Crippen LogP contribution in [0.2, 0.25) is 0 Å². The van der Waals surface area contributed by atoms with E-state index in [2.05, 4.69) is 5.32 Å². The van der Waals surface area contributed by atoms with Gasteiger partial charge in [0, 0.05) is 26.1 Å². The van der Waals surface area contributed by atoms with Crippen LogP contribution >= 0.6 is 0 Å². The summed E-state index contributed by atoms with van der Waals surface area (Å²) in [6, 6.07) is 3.70. The van der Waals surface area contributed by atoms with Crippen molar-refractivity contribution in [2.75, 3.05) is 19.6 Å². The van der Waals surface area contributed by atoms with Gasteiger partial charge in [-0.25, -0.2) is 12.8 Å². The smallest absolute Gasteiger partial charge is 0.243 e. The molecular formula is C12H15FN2O3S. The van der Waals surface area contributed by atoms with Crippen molar-refractivity contribution in [3.63, 3.8) is 0 Å². The second-order valence-electron chi connectivity index (χ2n) is 4.42. The topological polar surface area (TPSA) is 66.5 Å². The molecule has 0 spiro atoms. The average Bonchev–Trinajstić information content (AvgIpc) is 2.57. The Balaban J connectivity index is 2.30. The maximum absolute atomic E-state index is 13.2. The highest BCUT2D eigenvalue weighted by Gasteiger charge is 2.27. The van der Waals surface area contributed by atoms with E-state index in [0.29, 0.717) is 0 Å². The highest BCUT2D eigenvalue weighted by atomic mass is 32.2. The number of sulfonamides is 1. The van der Waals surface area contributed by atoms with E-state index in [4.69, 9.17) is 0 Å². The van der Waals surface area contributed by atoms with Gasteiger partial charge in [-0.3, -0.25) is 4.79 Å². The second kappa shape index (κ2) is 5.26. The van der Waals surface area contributed by atoms with Crippen LogP contribution in [0.15, 0.2) is 23.1 Å². The number of halogens is 1. The Labute approximate surface area is 111 Å². The van der Waals surface area contributed by atoms with E-state index in [0.717, 1.165) is 6.07 Å². The Morgan fingerprint density at radius 3 is 2.74 bits per heavy atom. The Morgan fingerprint density at radius 2 is 2.05 bits per heavy atom. The highest BCUT2D eigenvalue weighted by Crippen LogP contribution is 2.19. The van der Waals surface area contributed by atoms with Crippen LogP contribution in [0, 0.1) is 12.7 Å². The van der Waals surface area contributed by atoms with Gasteiger partial charge in [0.25, 0.3) is 0 Å². The molecule has 0 radical (unpaired) electrons. The van der Waals surface area contributed by atoms with Crippen LogP contribution in [0.4, 0.5) is 4.39 Å². The summed E-state index contributed by atoms with van der Waals surface area (Å²) >= 11 is 0. The van der Waals surface area contributed by atoms with E-state index in [-0.39, 0.29) is 42.4 Å². The molecule has 19 heavy (non-hydrogen) atoms. The molecule has 1 amide bonds. The summed E-state index contributed by atoms with van der Waals surface area (Å²) in [5.41, 5.74) is 0.282. The fourth-order valence-corrected chi connectivity index (χ4v) is 3.44. The van der Waals surface area contributed by atoms with Gasteiger partial charge in [0.2, 0.25) is 15.9 Å². The first-order valence-electron chi connectivity index (χ1n) is 5.94. The number of carbonyl (C=O) groups excluding carboxylic acids is 1. The maximum atomic E-state index is 13.2. The van der Waals surface area contributed by atoms with Crippen LogP contribution in [0.25, 0.3) is 0 Å². The molecule has 1 aromatic carbocycles. The molecule has 0 aliphatic carbocycles. The zero-order chi connectivity index (χ0) is 14.0. The van der Waals surface area contributed by atoms with Crippen LogP contribution in [0.5, 0.6) is 0 Å². The van der Waals surface area contributed by atoms with Crippen molar-refractivity contribution in [3.8, 4) is 0 Å². The molecule has 0 aromatic heterocycles. The van der Waals surface area contributed by atoms with Crippen LogP contribution < -0.4 is 5.32 Å². The van der Waals surface area contributed by atoms with Gasteiger partial charge >= 0.3 is 0 Å². The predicted octanol–water partition coefficient (Wildman–Crippen LogP) is 0.645. The van der Waals surface area contributed by atoms with Gasteiger partial charge in [0.1, 0.15) is 5.82 Å². The number of benzene rings is 1. The molecule has 0 saturated carbocycles. The molecule has 7 heteroatoms. The minimum atomic E-state index is -3.67. The van der Waals surface area contributed by atoms with Crippen LogP contribution in [-0.4, -0.2) is 38.3 Å². The maximum Gasteiger partial charge on any atom is 0.243 e. The first-order valence-corrected chi connectivity index (χ1v) is 7.38. The second-order valence-corrected chi connectivity index (χ2v) is 6.35. The number of amides is 1. The lowest BCUT2D eigenvalue weighted by atomic mass is 10.2. The first kappa shape index (κ1) is 14.0. The van der Waals surface area contributed by atoms with Gasteiger partial charge in [-0.2, -0.15) is 4.31 Å². The number of hydrogen-bond acceptors (Lipinski definition) is 3. The first-order chi connectivity index (χ1) is 8.91. The normalized spacial score (nSPS) is 17.9. The molecule has 0 unspecified atom stereocenters. The third-order valence-corrected chi connectivity index (χ3v) is 4.93. The third-order valence-electron chi connectivity index (χ3n) is 3.04. The standard InChI is InChI=1S/C12H15FN2O3S/c1-9-8-10(2-3-11(9)13)19(17,18)15-6-4-12(16)14-5-7-15/h2-3,8H,4-7H2,1H3,(H,14,16). The Morgan fingerprint density at radius 1 is 1.32 bits per heavy atom. The number of carbonyl (C=O) groups is 1. The fraction of sp³-hybridized carbons (Fsp3) is 0.417. The average molecular weight is 286 g/mol. The van der Waals surface area contributed by atoms with Gasteiger partial charge in [-0.1, -0.05) is 0 Å². The SMILES string of the molecule is Cc1cc(S(=O)(=O)N2CCNC(=O)CC2)ccc1F. The molecular weight excluding hydrogens is 271 g/mol. The van der Waals surface area contributed by atoms with E-state index >= 15 is 0 Å². The van der Waals surface area contributed by atoms with Crippen molar-refractivity contribution >= 4 is 15.9 Å². The molecule has 2 rings (SSSR count). The molecule has 1 aromatic rings. The van der Waals surface area contributed by atoms with Crippen LogP contribution in [-0.2, 0) is 14.8 Å².